The zero-order valence-electron chi connectivity index (χ0n) is 11.6. The van der Waals surface area contributed by atoms with E-state index in [1.807, 2.05) is 6.92 Å². The molecule has 2 atom stereocenters. The molecular weight excluding hydrogens is 247 g/mol. The van der Waals surface area contributed by atoms with Gasteiger partial charge < -0.3 is 9.84 Å². The van der Waals surface area contributed by atoms with Gasteiger partial charge in [-0.2, -0.15) is 0 Å². The van der Waals surface area contributed by atoms with Crippen molar-refractivity contribution in [3.63, 3.8) is 0 Å². The number of aliphatic hydroxyl groups is 1. The van der Waals surface area contributed by atoms with Crippen molar-refractivity contribution in [3.8, 4) is 0 Å². The van der Waals surface area contributed by atoms with Crippen LogP contribution in [0.4, 0.5) is 4.39 Å². The lowest BCUT2D eigenvalue weighted by molar-refractivity contribution is -0.150. The number of carbonyl (C=O) groups is 1. The van der Waals surface area contributed by atoms with E-state index in [0.29, 0.717) is 17.5 Å². The van der Waals surface area contributed by atoms with Crippen molar-refractivity contribution in [2.24, 2.45) is 5.92 Å². The maximum atomic E-state index is 13.5. The van der Waals surface area contributed by atoms with Gasteiger partial charge >= 0.3 is 5.97 Å². The van der Waals surface area contributed by atoms with Crippen molar-refractivity contribution >= 4 is 5.97 Å². The zero-order chi connectivity index (χ0) is 14.4. The van der Waals surface area contributed by atoms with Crippen LogP contribution in [0.25, 0.3) is 0 Å². The van der Waals surface area contributed by atoms with Crippen LogP contribution in [0.2, 0.25) is 0 Å². The molecule has 0 bridgehead atoms. The van der Waals surface area contributed by atoms with E-state index in [2.05, 4.69) is 0 Å². The van der Waals surface area contributed by atoms with Crippen molar-refractivity contribution in [2.45, 2.75) is 39.2 Å². The van der Waals surface area contributed by atoms with Crippen molar-refractivity contribution in [3.05, 3.63) is 35.1 Å². The minimum atomic E-state index is -1.03. The molecule has 1 aromatic carbocycles. The molecule has 0 fully saturated rings. The van der Waals surface area contributed by atoms with Gasteiger partial charge in [-0.05, 0) is 30.5 Å². The highest BCUT2D eigenvalue weighted by molar-refractivity contribution is 5.73. The third-order valence-electron chi connectivity index (χ3n) is 3.29. The van der Waals surface area contributed by atoms with Crippen LogP contribution in [0.5, 0.6) is 0 Å². The third-order valence-corrected chi connectivity index (χ3v) is 3.29. The molecule has 0 amide bonds. The van der Waals surface area contributed by atoms with Crippen molar-refractivity contribution in [1.29, 1.82) is 0 Å². The van der Waals surface area contributed by atoms with Crippen LogP contribution < -0.4 is 0 Å². The highest BCUT2D eigenvalue weighted by Gasteiger charge is 2.28. The fraction of sp³-hybridized carbons (Fsp3) is 0.533. The molecule has 0 saturated carbocycles. The Bertz CT molecular complexity index is 431. The normalized spacial score (nSPS) is 13.9. The molecule has 2 unspecified atom stereocenters. The summed E-state index contributed by atoms with van der Waals surface area (Å²) < 4.78 is 18.2. The molecule has 4 heteroatoms. The summed E-state index contributed by atoms with van der Waals surface area (Å²) in [6, 6.07) is 4.52. The number of esters is 1. The molecule has 106 valence electrons. The Morgan fingerprint density at radius 1 is 1.47 bits per heavy atom. The number of carbonyl (C=O) groups excluding carboxylic acids is 1. The molecule has 0 aliphatic carbocycles. The number of aliphatic hydroxyl groups excluding tert-OH is 1. The molecule has 1 rings (SSSR count). The van der Waals surface area contributed by atoms with Crippen molar-refractivity contribution < 1.29 is 19.0 Å². The molecule has 0 aliphatic rings. The van der Waals surface area contributed by atoms with Gasteiger partial charge in [-0.3, -0.25) is 4.79 Å². The first kappa shape index (κ1) is 15.6. The van der Waals surface area contributed by atoms with Gasteiger partial charge in [0.05, 0.1) is 19.1 Å². The Kier molecular flexibility index (Phi) is 5.96. The summed E-state index contributed by atoms with van der Waals surface area (Å²) in [5.41, 5.74) is 0.925. The summed E-state index contributed by atoms with van der Waals surface area (Å²) in [6.45, 7) is 3.66. The second kappa shape index (κ2) is 7.24. The lowest BCUT2D eigenvalue weighted by atomic mass is 9.90. The molecule has 0 spiro atoms. The second-order valence-corrected chi connectivity index (χ2v) is 4.73. The summed E-state index contributed by atoms with van der Waals surface area (Å²) in [6.07, 6.45) is 1.22. The number of aryl methyl sites for hydroxylation is 1. The number of benzene rings is 1. The largest absolute Gasteiger partial charge is 0.469 e. The Labute approximate surface area is 113 Å². The number of methoxy groups -OCH3 is 1. The molecule has 19 heavy (non-hydrogen) atoms. The van der Waals surface area contributed by atoms with Gasteiger partial charge in [-0.1, -0.05) is 31.9 Å². The van der Waals surface area contributed by atoms with E-state index in [1.54, 1.807) is 19.1 Å². The Balaban J connectivity index is 2.93. The predicted octanol–water partition coefficient (Wildman–Crippen LogP) is 3.15. The van der Waals surface area contributed by atoms with Crippen molar-refractivity contribution in [1.82, 2.24) is 0 Å². The zero-order valence-corrected chi connectivity index (χ0v) is 11.6. The van der Waals surface area contributed by atoms with Crippen LogP contribution in [-0.2, 0) is 9.53 Å². The maximum Gasteiger partial charge on any atom is 0.311 e. The van der Waals surface area contributed by atoms with E-state index in [9.17, 15) is 14.3 Å². The average molecular weight is 268 g/mol. The standard InChI is InChI=1S/C15H21FO3/c1-4-5-6-12(15(18)19-3)14(17)11-8-7-10(2)13(16)9-11/h7-9,12,14,17H,4-6H2,1-3H3. The van der Waals surface area contributed by atoms with Crippen LogP contribution in [-0.4, -0.2) is 18.2 Å². The number of hydrogen-bond acceptors (Lipinski definition) is 3. The van der Waals surface area contributed by atoms with E-state index in [1.165, 1.54) is 13.2 Å². The van der Waals surface area contributed by atoms with Gasteiger partial charge in [0.1, 0.15) is 5.82 Å². The second-order valence-electron chi connectivity index (χ2n) is 4.73. The monoisotopic (exact) mass is 268 g/mol. The van der Waals surface area contributed by atoms with Gasteiger partial charge in [0, 0.05) is 0 Å². The molecule has 1 N–H and O–H groups in total. The summed E-state index contributed by atoms with van der Waals surface area (Å²) in [5, 5.41) is 10.3. The van der Waals surface area contributed by atoms with Gasteiger partial charge in [0.25, 0.3) is 0 Å². The molecule has 3 nitrogen and oxygen atoms in total. The minimum Gasteiger partial charge on any atom is -0.469 e. The van der Waals surface area contributed by atoms with Gasteiger partial charge in [0.2, 0.25) is 0 Å². The SMILES string of the molecule is CCCCC(C(=O)OC)C(O)c1ccc(C)c(F)c1. The first-order valence-electron chi connectivity index (χ1n) is 6.53. The van der Waals surface area contributed by atoms with Gasteiger partial charge in [0.15, 0.2) is 0 Å². The van der Waals surface area contributed by atoms with Gasteiger partial charge in [-0.25, -0.2) is 4.39 Å². The smallest absolute Gasteiger partial charge is 0.311 e. The van der Waals surface area contributed by atoms with Crippen LogP contribution in [0, 0.1) is 18.7 Å². The molecule has 0 saturated heterocycles. The minimum absolute atomic E-state index is 0.379. The maximum absolute atomic E-state index is 13.5. The van der Waals surface area contributed by atoms with E-state index in [0.717, 1.165) is 12.8 Å². The van der Waals surface area contributed by atoms with Gasteiger partial charge in [-0.15, -0.1) is 0 Å². The average Bonchev–Trinajstić information content (AvgIpc) is 2.41. The number of unbranched alkanes of at least 4 members (excludes halogenated alkanes) is 1. The summed E-state index contributed by atoms with van der Waals surface area (Å²) in [5.74, 6) is -1.48. The van der Waals surface area contributed by atoms with E-state index >= 15 is 0 Å². The molecule has 0 aliphatic heterocycles. The molecular formula is C15H21FO3. The predicted molar refractivity (Wildman–Crippen MR) is 71.1 cm³/mol. The van der Waals surface area contributed by atoms with E-state index in [4.69, 9.17) is 4.74 Å². The van der Waals surface area contributed by atoms with E-state index < -0.39 is 18.0 Å². The number of hydrogen-bond donors (Lipinski definition) is 1. The summed E-state index contributed by atoms with van der Waals surface area (Å²) in [4.78, 5) is 11.7. The highest BCUT2D eigenvalue weighted by Crippen LogP contribution is 2.28. The summed E-state index contributed by atoms with van der Waals surface area (Å²) >= 11 is 0. The first-order valence-corrected chi connectivity index (χ1v) is 6.53. The van der Waals surface area contributed by atoms with Crippen LogP contribution >= 0.6 is 0 Å². The fourth-order valence-electron chi connectivity index (χ4n) is 2.01. The number of rotatable bonds is 6. The summed E-state index contributed by atoms with van der Waals surface area (Å²) in [7, 11) is 1.30. The van der Waals surface area contributed by atoms with Crippen LogP contribution in [0.15, 0.2) is 18.2 Å². The van der Waals surface area contributed by atoms with E-state index in [-0.39, 0.29) is 5.82 Å². The topological polar surface area (TPSA) is 46.5 Å². The quantitative estimate of drug-likeness (QED) is 0.806. The molecule has 0 heterocycles. The van der Waals surface area contributed by atoms with Crippen molar-refractivity contribution in [2.75, 3.05) is 7.11 Å². The molecule has 0 aromatic heterocycles. The van der Waals surface area contributed by atoms with Crippen LogP contribution in [0.3, 0.4) is 0 Å². The number of ether oxygens (including phenoxy) is 1. The highest BCUT2D eigenvalue weighted by atomic mass is 19.1. The Morgan fingerprint density at radius 3 is 2.68 bits per heavy atom. The first-order chi connectivity index (χ1) is 9.01. The molecule has 0 radical (unpaired) electrons. The van der Waals surface area contributed by atoms with Crippen LogP contribution in [0.1, 0.15) is 43.4 Å². The molecule has 1 aromatic rings. The number of halogens is 1. The Hall–Kier alpha value is -1.42. The Morgan fingerprint density at radius 2 is 2.16 bits per heavy atom. The lowest BCUT2D eigenvalue weighted by Crippen LogP contribution is -2.24. The third kappa shape index (κ3) is 4.03. The lowest BCUT2D eigenvalue weighted by Gasteiger charge is -2.21. The fourth-order valence-corrected chi connectivity index (χ4v) is 2.01.